The van der Waals surface area contributed by atoms with Crippen LogP contribution in [0.4, 0.5) is 4.79 Å². The molecule has 1 rings (SSSR count). The smallest absolute Gasteiger partial charge is 0.410 e. The van der Waals surface area contributed by atoms with Crippen molar-refractivity contribution in [1.82, 2.24) is 10.2 Å². The van der Waals surface area contributed by atoms with Crippen LogP contribution in [0.3, 0.4) is 0 Å². The maximum Gasteiger partial charge on any atom is 0.413 e. The van der Waals surface area contributed by atoms with Gasteiger partial charge in [0.2, 0.25) is 0 Å². The molecule has 1 aromatic carbocycles. The van der Waals surface area contributed by atoms with Crippen LogP contribution in [0, 0.1) is 0 Å². The van der Waals surface area contributed by atoms with Gasteiger partial charge in [-0.05, 0) is 32.6 Å². The van der Waals surface area contributed by atoms with Crippen LogP contribution in [0.15, 0.2) is 30.3 Å². The number of ether oxygens (including phenoxy) is 1. The Kier molecular flexibility index (Phi) is 6.97. The molecule has 0 radical (unpaired) electrons. The summed E-state index contributed by atoms with van der Waals surface area (Å²) in [6, 6.07) is 9.10. The first-order chi connectivity index (χ1) is 9.13. The molecule has 1 N–H and O–H groups in total. The van der Waals surface area contributed by atoms with E-state index in [9.17, 15) is 4.79 Å². The molecule has 1 atom stereocenters. The van der Waals surface area contributed by atoms with Gasteiger partial charge in [0, 0.05) is 0 Å². The third-order valence-corrected chi connectivity index (χ3v) is 2.94. The molecule has 19 heavy (non-hydrogen) atoms. The third kappa shape index (κ3) is 6.25. The number of rotatable bonds is 7. The van der Waals surface area contributed by atoms with E-state index in [1.54, 1.807) is 12.1 Å². The molecule has 0 aromatic heterocycles. The van der Waals surface area contributed by atoms with Crippen molar-refractivity contribution in [2.75, 3.05) is 14.1 Å². The average molecular weight is 264 g/mol. The second-order valence-corrected chi connectivity index (χ2v) is 4.82. The normalized spacial score (nSPS) is 12.2. The molecular formula is C15H24N2O2. The molecule has 0 spiro atoms. The van der Waals surface area contributed by atoms with Gasteiger partial charge in [0.15, 0.2) is 0 Å². The minimum Gasteiger partial charge on any atom is -0.410 e. The Balaban J connectivity index is 2.42. The fourth-order valence-electron chi connectivity index (χ4n) is 1.81. The van der Waals surface area contributed by atoms with E-state index in [2.05, 4.69) is 12.2 Å². The van der Waals surface area contributed by atoms with Gasteiger partial charge in [-0.3, -0.25) is 4.90 Å². The second kappa shape index (κ2) is 8.53. The molecular weight excluding hydrogens is 240 g/mol. The number of amides is 1. The molecule has 1 amide bonds. The minimum absolute atomic E-state index is 0.0164. The van der Waals surface area contributed by atoms with Crippen molar-refractivity contribution in [3.8, 4) is 5.75 Å². The number of carbonyl (C=O) groups excluding carboxylic acids is 1. The first-order valence-electron chi connectivity index (χ1n) is 6.83. The Bertz CT molecular complexity index is 366. The van der Waals surface area contributed by atoms with Gasteiger partial charge >= 0.3 is 6.09 Å². The summed E-state index contributed by atoms with van der Waals surface area (Å²) in [4.78, 5) is 13.8. The number of carbonyl (C=O) groups is 1. The lowest BCUT2D eigenvalue weighted by molar-refractivity contribution is 0.170. The lowest BCUT2D eigenvalue weighted by Gasteiger charge is -2.24. The summed E-state index contributed by atoms with van der Waals surface area (Å²) in [6.07, 6.45) is 4.01. The molecule has 0 fully saturated rings. The summed E-state index contributed by atoms with van der Waals surface area (Å²) < 4.78 is 5.22. The molecule has 1 unspecified atom stereocenters. The van der Waals surface area contributed by atoms with E-state index in [1.807, 2.05) is 37.2 Å². The highest BCUT2D eigenvalue weighted by Gasteiger charge is 2.15. The first kappa shape index (κ1) is 15.5. The maximum atomic E-state index is 11.8. The highest BCUT2D eigenvalue weighted by atomic mass is 16.6. The van der Waals surface area contributed by atoms with Gasteiger partial charge in [-0.1, -0.05) is 44.4 Å². The zero-order valence-electron chi connectivity index (χ0n) is 12.1. The second-order valence-electron chi connectivity index (χ2n) is 4.82. The van der Waals surface area contributed by atoms with Gasteiger partial charge < -0.3 is 10.1 Å². The Labute approximate surface area is 115 Å². The van der Waals surface area contributed by atoms with Crippen LogP contribution in [0.25, 0.3) is 0 Å². The van der Waals surface area contributed by atoms with Crippen LogP contribution < -0.4 is 10.1 Å². The van der Waals surface area contributed by atoms with Gasteiger partial charge in [0.05, 0.1) is 6.17 Å². The predicted molar refractivity (Wildman–Crippen MR) is 77.2 cm³/mol. The van der Waals surface area contributed by atoms with E-state index in [4.69, 9.17) is 4.74 Å². The standard InChI is InChI=1S/C15H24N2O2/c1-4-5-7-12-14(17(2)3)16-15(18)19-13-10-8-6-9-11-13/h6,8-11,14H,4-5,7,12H2,1-3H3,(H,16,18). The fourth-order valence-corrected chi connectivity index (χ4v) is 1.81. The number of hydrogen-bond donors (Lipinski definition) is 1. The summed E-state index contributed by atoms with van der Waals surface area (Å²) in [6.45, 7) is 2.17. The molecule has 4 nitrogen and oxygen atoms in total. The van der Waals surface area contributed by atoms with Crippen molar-refractivity contribution < 1.29 is 9.53 Å². The van der Waals surface area contributed by atoms with Crippen molar-refractivity contribution >= 4 is 6.09 Å². The lowest BCUT2D eigenvalue weighted by Crippen LogP contribution is -2.45. The fraction of sp³-hybridized carbons (Fsp3) is 0.533. The molecule has 0 saturated heterocycles. The van der Waals surface area contributed by atoms with Gasteiger partial charge in [0.1, 0.15) is 5.75 Å². The quantitative estimate of drug-likeness (QED) is 0.607. The molecule has 0 heterocycles. The Morgan fingerprint density at radius 3 is 2.53 bits per heavy atom. The lowest BCUT2D eigenvalue weighted by atomic mass is 10.1. The number of nitrogens with one attached hydrogen (secondary N) is 1. The number of unbranched alkanes of at least 4 members (excludes halogenated alkanes) is 2. The van der Waals surface area contributed by atoms with Gasteiger partial charge in [-0.25, -0.2) is 4.79 Å². The van der Waals surface area contributed by atoms with Crippen molar-refractivity contribution in [2.45, 2.75) is 38.8 Å². The monoisotopic (exact) mass is 264 g/mol. The Morgan fingerprint density at radius 2 is 1.95 bits per heavy atom. The van der Waals surface area contributed by atoms with Crippen LogP contribution in [-0.2, 0) is 0 Å². The molecule has 4 heteroatoms. The van der Waals surface area contributed by atoms with Gasteiger partial charge in [-0.15, -0.1) is 0 Å². The highest BCUT2D eigenvalue weighted by Crippen LogP contribution is 2.10. The highest BCUT2D eigenvalue weighted by molar-refractivity contribution is 5.70. The zero-order valence-corrected chi connectivity index (χ0v) is 12.1. The zero-order chi connectivity index (χ0) is 14.1. The minimum atomic E-state index is -0.401. The van der Waals surface area contributed by atoms with E-state index in [-0.39, 0.29) is 6.17 Å². The first-order valence-corrected chi connectivity index (χ1v) is 6.83. The van der Waals surface area contributed by atoms with Gasteiger partial charge in [0.25, 0.3) is 0 Å². The third-order valence-electron chi connectivity index (χ3n) is 2.94. The van der Waals surface area contributed by atoms with Crippen molar-refractivity contribution in [1.29, 1.82) is 0 Å². The maximum absolute atomic E-state index is 11.8. The SMILES string of the molecule is CCCCCC(NC(=O)Oc1ccccc1)N(C)C. The summed E-state index contributed by atoms with van der Waals surface area (Å²) in [5.74, 6) is 0.561. The van der Waals surface area contributed by atoms with Crippen LogP contribution in [-0.4, -0.2) is 31.3 Å². The number of para-hydroxylation sites is 1. The van der Waals surface area contributed by atoms with E-state index >= 15 is 0 Å². The summed E-state index contributed by atoms with van der Waals surface area (Å²) in [7, 11) is 3.92. The van der Waals surface area contributed by atoms with E-state index in [0.717, 1.165) is 12.8 Å². The Morgan fingerprint density at radius 1 is 1.26 bits per heavy atom. The van der Waals surface area contributed by atoms with E-state index in [0.29, 0.717) is 5.75 Å². The largest absolute Gasteiger partial charge is 0.413 e. The summed E-state index contributed by atoms with van der Waals surface area (Å²) in [5.41, 5.74) is 0. The number of hydrogen-bond acceptors (Lipinski definition) is 3. The molecule has 0 bridgehead atoms. The van der Waals surface area contributed by atoms with Crippen molar-refractivity contribution in [2.24, 2.45) is 0 Å². The van der Waals surface area contributed by atoms with E-state index < -0.39 is 6.09 Å². The van der Waals surface area contributed by atoms with Gasteiger partial charge in [-0.2, -0.15) is 0 Å². The summed E-state index contributed by atoms with van der Waals surface area (Å²) >= 11 is 0. The van der Waals surface area contributed by atoms with Crippen LogP contribution in [0.2, 0.25) is 0 Å². The van der Waals surface area contributed by atoms with Crippen molar-refractivity contribution in [3.63, 3.8) is 0 Å². The predicted octanol–water partition coefficient (Wildman–Crippen LogP) is 3.24. The van der Waals surface area contributed by atoms with Crippen LogP contribution >= 0.6 is 0 Å². The van der Waals surface area contributed by atoms with E-state index in [1.165, 1.54) is 12.8 Å². The van der Waals surface area contributed by atoms with Crippen molar-refractivity contribution in [3.05, 3.63) is 30.3 Å². The number of benzene rings is 1. The molecule has 106 valence electrons. The molecule has 0 aliphatic rings. The Hall–Kier alpha value is -1.55. The molecule has 0 aliphatic carbocycles. The summed E-state index contributed by atoms with van der Waals surface area (Å²) in [5, 5.41) is 2.89. The van der Waals surface area contributed by atoms with Crippen LogP contribution in [0.1, 0.15) is 32.6 Å². The number of nitrogens with zero attached hydrogens (tertiary/aromatic N) is 1. The topological polar surface area (TPSA) is 41.6 Å². The average Bonchev–Trinajstić information content (AvgIpc) is 2.38. The van der Waals surface area contributed by atoms with Crippen LogP contribution in [0.5, 0.6) is 5.75 Å². The molecule has 0 aliphatic heterocycles. The molecule has 0 saturated carbocycles. The molecule has 1 aromatic rings.